The van der Waals surface area contributed by atoms with E-state index >= 15 is 0 Å². The molecule has 5 N–H and O–H groups in total. The second-order valence-corrected chi connectivity index (χ2v) is 17.4. The van der Waals surface area contributed by atoms with E-state index in [2.05, 4.69) is 59.2 Å². The van der Waals surface area contributed by atoms with Crippen LogP contribution in [0, 0.1) is 59.2 Å². The van der Waals surface area contributed by atoms with Crippen molar-refractivity contribution in [1.29, 1.82) is 0 Å². The molecule has 10 heteroatoms. The lowest BCUT2D eigenvalue weighted by Gasteiger charge is -2.11. The highest BCUT2D eigenvalue weighted by molar-refractivity contribution is 6.46. The van der Waals surface area contributed by atoms with Gasteiger partial charge in [0.2, 0.25) is 0 Å². The zero-order valence-electron chi connectivity index (χ0n) is 38.7. The normalized spacial score (nSPS) is 10.7. The fourth-order valence-corrected chi connectivity index (χ4v) is 9.20. The molecule has 0 aliphatic carbocycles. The number of hydrogen-bond acceptors (Lipinski definition) is 5. The Bertz CT molecular complexity index is 3870. The van der Waals surface area contributed by atoms with Crippen LogP contribution in [0.4, 0.5) is 0 Å². The summed E-state index contributed by atoms with van der Waals surface area (Å²) in [6.45, 7) is 0. The first-order valence-electron chi connectivity index (χ1n) is 22.9. The Balaban J connectivity index is 1.26. The highest BCUT2D eigenvalue weighted by atomic mass is 16.4. The van der Waals surface area contributed by atoms with Crippen molar-refractivity contribution in [2.24, 2.45) is 0 Å². The number of hydrogen-bond donors (Lipinski definition) is 5. The van der Waals surface area contributed by atoms with Gasteiger partial charge in [-0.05, 0) is 179 Å². The van der Waals surface area contributed by atoms with E-state index in [1.54, 1.807) is 60.7 Å². The van der Waals surface area contributed by atoms with Crippen LogP contribution in [0.15, 0.2) is 152 Å². The smallest absolute Gasteiger partial charge is 0.335 e. The minimum Gasteiger partial charge on any atom is -0.478 e. The van der Waals surface area contributed by atoms with Gasteiger partial charge in [0, 0.05) is 82.6 Å². The molecule has 0 spiro atoms. The largest absolute Gasteiger partial charge is 0.478 e. The van der Waals surface area contributed by atoms with Gasteiger partial charge in [0.15, 0.2) is 0 Å². The maximum atomic E-state index is 11.7. The molecule has 11 rings (SSSR count). The molecule has 0 heterocycles. The van der Waals surface area contributed by atoms with Crippen LogP contribution >= 0.6 is 0 Å². The molecule has 11 aromatic carbocycles. The molecule has 0 bridgehead atoms. The van der Waals surface area contributed by atoms with Crippen molar-refractivity contribution < 1.29 is 49.5 Å². The standard InChI is InChI=1S/C65H30O10/c66-61(67)41-16-1-36(2-17-41)11-26-46-31-52-48(28-13-38-5-20-43(21-6-38)63(70)71)33-54-50(30-15-40-9-24-45(25-10-40)65(74)75)35-55-49(29-14-39-7-22-44(23-8-39)64(72)73)34-53-47(27-12-37-3-18-42(19-4-37)62(68)69)32-51(46)56-57(52)59(54)60(55)58(53)56/h1-10,16-25,31-35H,(H,66,67)(H,68,69)(H,70,71)(H,72,73)(H,74,75). The Kier molecular flexibility index (Phi) is 11.3. The van der Waals surface area contributed by atoms with Gasteiger partial charge in [0.25, 0.3) is 0 Å². The van der Waals surface area contributed by atoms with Crippen molar-refractivity contribution in [3.05, 3.63) is 235 Å². The molecule has 10 nitrogen and oxygen atoms in total. The summed E-state index contributed by atoms with van der Waals surface area (Å²) in [5.41, 5.74) is 6.49. The molecule has 0 amide bonds. The zero-order chi connectivity index (χ0) is 52.1. The Morgan fingerprint density at radius 2 is 0.373 bits per heavy atom. The van der Waals surface area contributed by atoms with Gasteiger partial charge < -0.3 is 25.5 Å². The fourth-order valence-electron chi connectivity index (χ4n) is 9.20. The number of aromatic carboxylic acids is 5. The minimum absolute atomic E-state index is 0.113. The first kappa shape index (κ1) is 46.1. The summed E-state index contributed by atoms with van der Waals surface area (Å²) in [4.78, 5) is 58.5. The van der Waals surface area contributed by atoms with Gasteiger partial charge in [-0.2, -0.15) is 0 Å². The van der Waals surface area contributed by atoms with Gasteiger partial charge in [-0.15, -0.1) is 0 Å². The minimum atomic E-state index is -1.07. The number of benzene rings is 10. The molecule has 0 saturated heterocycles. The van der Waals surface area contributed by atoms with Crippen molar-refractivity contribution in [3.8, 4) is 59.2 Å². The molecule has 75 heavy (non-hydrogen) atoms. The van der Waals surface area contributed by atoms with Crippen molar-refractivity contribution >= 4 is 83.7 Å². The Labute approximate surface area is 425 Å². The molecule has 0 aromatic heterocycles. The number of carboxylic acids is 5. The molecule has 0 unspecified atom stereocenters. The summed E-state index contributed by atoms with van der Waals surface area (Å²) < 4.78 is 0. The van der Waals surface area contributed by atoms with Gasteiger partial charge in [-0.3, -0.25) is 0 Å². The van der Waals surface area contributed by atoms with E-state index in [0.717, 1.165) is 53.9 Å². The number of rotatable bonds is 5. The molecule has 0 aliphatic heterocycles. The zero-order valence-corrected chi connectivity index (χ0v) is 38.7. The van der Waals surface area contributed by atoms with E-state index < -0.39 is 29.8 Å². The van der Waals surface area contributed by atoms with Crippen LogP contribution in [0.3, 0.4) is 0 Å². The monoisotopic (exact) mass is 970 g/mol. The van der Waals surface area contributed by atoms with Crippen LogP contribution in [0.5, 0.6) is 0 Å². The van der Waals surface area contributed by atoms with Crippen molar-refractivity contribution in [2.45, 2.75) is 0 Å². The van der Waals surface area contributed by atoms with Crippen LogP contribution in [-0.4, -0.2) is 55.4 Å². The molecular weight excluding hydrogens is 941 g/mol. The first-order valence-corrected chi connectivity index (χ1v) is 22.9. The average Bonchev–Trinajstić information content (AvgIpc) is 4.01. The number of carboxylic acid groups (broad SMARTS) is 5. The predicted octanol–water partition coefficient (Wildman–Crippen LogP) is 11.3. The maximum Gasteiger partial charge on any atom is 0.335 e. The Morgan fingerprint density at radius 1 is 0.227 bits per heavy atom. The van der Waals surface area contributed by atoms with Crippen LogP contribution in [-0.2, 0) is 0 Å². The molecular formula is C65H30O10. The van der Waals surface area contributed by atoms with E-state index in [9.17, 15) is 49.5 Å². The highest BCUT2D eigenvalue weighted by Crippen LogP contribution is 2.52. The summed E-state index contributed by atoms with van der Waals surface area (Å²) in [5.74, 6) is 27.8. The summed E-state index contributed by atoms with van der Waals surface area (Å²) in [5, 5.41) is 56.0. The van der Waals surface area contributed by atoms with Gasteiger partial charge in [-0.1, -0.05) is 59.2 Å². The average molecular weight is 971 g/mol. The third-order valence-electron chi connectivity index (χ3n) is 12.9. The molecule has 0 atom stereocenters. The fraction of sp³-hybridized carbons (Fsp3) is 0. The van der Waals surface area contributed by atoms with Gasteiger partial charge in [0.1, 0.15) is 0 Å². The molecule has 350 valence electrons. The second kappa shape index (κ2) is 18.4. The van der Waals surface area contributed by atoms with Gasteiger partial charge >= 0.3 is 29.8 Å². The molecule has 0 saturated carbocycles. The maximum absolute atomic E-state index is 11.7. The van der Waals surface area contributed by atoms with Crippen molar-refractivity contribution in [1.82, 2.24) is 0 Å². The SMILES string of the molecule is O=C(O)c1ccc(C#Cc2cc3c(C#Cc4ccc(C(=O)O)cc4)cc4c(C#Cc5ccc(C(=O)O)cc5)cc5c(C#Cc6ccc(C(=O)O)cc6)cc6c(C#Cc7ccc(C(=O)O)cc7)cc2c2c6c5c4c32)cc1. The summed E-state index contributed by atoms with van der Waals surface area (Å²) >= 11 is 0. The Morgan fingerprint density at radius 3 is 0.507 bits per heavy atom. The van der Waals surface area contributed by atoms with Crippen LogP contribution in [0.25, 0.3) is 53.9 Å². The van der Waals surface area contributed by atoms with Gasteiger partial charge in [-0.25, -0.2) is 24.0 Å². The predicted molar refractivity (Wildman–Crippen MR) is 284 cm³/mol. The van der Waals surface area contributed by atoms with E-state index in [4.69, 9.17) is 0 Å². The molecule has 0 fully saturated rings. The third-order valence-corrected chi connectivity index (χ3v) is 12.9. The van der Waals surface area contributed by atoms with Crippen LogP contribution < -0.4 is 0 Å². The van der Waals surface area contributed by atoms with Crippen LogP contribution in [0.1, 0.15) is 107 Å². The van der Waals surface area contributed by atoms with Crippen molar-refractivity contribution in [2.75, 3.05) is 0 Å². The number of carbonyl (C=O) groups is 5. The molecule has 0 aliphatic rings. The van der Waals surface area contributed by atoms with E-state index in [-0.39, 0.29) is 27.8 Å². The lowest BCUT2D eigenvalue weighted by molar-refractivity contribution is 0.0686. The van der Waals surface area contributed by atoms with E-state index in [1.807, 2.05) is 30.3 Å². The topological polar surface area (TPSA) is 186 Å². The molecule has 11 aromatic rings. The van der Waals surface area contributed by atoms with E-state index in [1.165, 1.54) is 60.7 Å². The summed E-state index contributed by atoms with van der Waals surface area (Å²) in [7, 11) is 0. The van der Waals surface area contributed by atoms with Crippen LogP contribution in [0.2, 0.25) is 0 Å². The van der Waals surface area contributed by atoms with Gasteiger partial charge in [0.05, 0.1) is 27.8 Å². The lowest BCUT2D eigenvalue weighted by atomic mass is 9.90. The van der Waals surface area contributed by atoms with Crippen molar-refractivity contribution in [3.63, 3.8) is 0 Å². The lowest BCUT2D eigenvalue weighted by Crippen LogP contribution is -1.95. The first-order chi connectivity index (χ1) is 36.3. The van der Waals surface area contributed by atoms with E-state index in [0.29, 0.717) is 55.6 Å². The summed E-state index contributed by atoms with van der Waals surface area (Å²) in [6.07, 6.45) is 0. The summed E-state index contributed by atoms with van der Waals surface area (Å²) in [6, 6.07) is 41.1. The Hall–Kier alpha value is -11.4. The molecule has 0 radical (unpaired) electrons. The third kappa shape index (κ3) is 8.60. The highest BCUT2D eigenvalue weighted by Gasteiger charge is 2.27. The second-order valence-electron chi connectivity index (χ2n) is 17.4. The quantitative estimate of drug-likeness (QED) is 0.0821.